The van der Waals surface area contributed by atoms with Gasteiger partial charge < -0.3 is 10.1 Å². The number of carbonyl (C=O) groups excluding carboxylic acids is 2. The van der Waals surface area contributed by atoms with Gasteiger partial charge in [0.2, 0.25) is 0 Å². The van der Waals surface area contributed by atoms with Crippen molar-refractivity contribution >= 4 is 56.0 Å². The lowest BCUT2D eigenvalue weighted by molar-refractivity contribution is 0.0488. The second-order valence-electron chi connectivity index (χ2n) is 6.80. The van der Waals surface area contributed by atoms with Crippen molar-refractivity contribution in [3.05, 3.63) is 91.5 Å². The number of ether oxygens (including phenoxy) is 1. The van der Waals surface area contributed by atoms with Crippen LogP contribution in [0, 0.1) is 3.57 Å². The summed E-state index contributed by atoms with van der Waals surface area (Å²) in [7, 11) is 0. The van der Waals surface area contributed by atoms with Gasteiger partial charge in [-0.2, -0.15) is 0 Å². The third-order valence-corrected chi connectivity index (χ3v) is 6.23. The highest BCUT2D eigenvalue weighted by Gasteiger charge is 2.35. The van der Waals surface area contributed by atoms with Crippen molar-refractivity contribution in [2.24, 2.45) is 0 Å². The predicted molar refractivity (Wildman–Crippen MR) is 131 cm³/mol. The van der Waals surface area contributed by atoms with E-state index in [1.54, 1.807) is 30.3 Å². The molecule has 0 saturated heterocycles. The van der Waals surface area contributed by atoms with Gasteiger partial charge in [0, 0.05) is 19.3 Å². The van der Waals surface area contributed by atoms with Gasteiger partial charge in [-0.15, -0.1) is 0 Å². The lowest BCUT2D eigenvalue weighted by Crippen LogP contribution is -2.53. The Morgan fingerprint density at radius 3 is 2.68 bits per heavy atom. The molecule has 1 heterocycles. The van der Waals surface area contributed by atoms with Crippen molar-refractivity contribution in [2.75, 3.05) is 11.9 Å². The standard InChI is InChI=1S/C23H19BrIN3O3/c1-2-31-20-10-6-4-8-16(20)22(29)27-28-21(15-7-3-5-9-18(15)24)26-19-12-11-14(25)13-17(19)23(28)30/h3-13,21,26H,2H2,1H3,(H,27,29)/t21-/m0/s1. The minimum Gasteiger partial charge on any atom is -0.493 e. The normalized spacial score (nSPS) is 15.1. The van der Waals surface area contributed by atoms with Crippen molar-refractivity contribution in [1.29, 1.82) is 0 Å². The minimum atomic E-state index is -0.598. The fraction of sp³-hybridized carbons (Fsp3) is 0.130. The molecule has 0 saturated carbocycles. The van der Waals surface area contributed by atoms with E-state index in [-0.39, 0.29) is 5.91 Å². The van der Waals surface area contributed by atoms with Crippen LogP contribution in [0.25, 0.3) is 0 Å². The number of carbonyl (C=O) groups is 2. The Morgan fingerprint density at radius 1 is 1.16 bits per heavy atom. The smallest absolute Gasteiger partial charge is 0.276 e. The number of hydrogen-bond acceptors (Lipinski definition) is 4. The van der Waals surface area contributed by atoms with Crippen LogP contribution in [0.3, 0.4) is 0 Å². The van der Waals surface area contributed by atoms with E-state index in [2.05, 4.69) is 49.3 Å². The molecule has 1 aliphatic heterocycles. The van der Waals surface area contributed by atoms with Crippen LogP contribution < -0.4 is 15.5 Å². The van der Waals surface area contributed by atoms with E-state index in [9.17, 15) is 9.59 Å². The highest BCUT2D eigenvalue weighted by atomic mass is 127. The maximum Gasteiger partial charge on any atom is 0.276 e. The summed E-state index contributed by atoms with van der Waals surface area (Å²) in [5, 5.41) is 4.72. The number of hydrogen-bond donors (Lipinski definition) is 2. The first-order valence-electron chi connectivity index (χ1n) is 9.66. The molecule has 2 amide bonds. The molecule has 0 aromatic heterocycles. The van der Waals surface area contributed by atoms with Crippen LogP contribution in [0.5, 0.6) is 5.75 Å². The fourth-order valence-electron chi connectivity index (χ4n) is 3.41. The quantitative estimate of drug-likeness (QED) is 0.392. The molecule has 0 bridgehead atoms. The maximum absolute atomic E-state index is 13.5. The molecular formula is C23H19BrIN3O3. The van der Waals surface area contributed by atoms with Crippen LogP contribution in [0.2, 0.25) is 0 Å². The maximum atomic E-state index is 13.5. The summed E-state index contributed by atoms with van der Waals surface area (Å²) in [6, 6.07) is 20.2. The number of anilines is 1. The minimum absolute atomic E-state index is 0.296. The molecule has 0 unspecified atom stereocenters. The highest BCUT2D eigenvalue weighted by molar-refractivity contribution is 14.1. The van der Waals surface area contributed by atoms with E-state index in [4.69, 9.17) is 4.74 Å². The van der Waals surface area contributed by atoms with Crippen molar-refractivity contribution in [3.8, 4) is 5.75 Å². The molecule has 0 spiro atoms. The molecule has 4 rings (SSSR count). The third-order valence-electron chi connectivity index (χ3n) is 4.83. The third kappa shape index (κ3) is 4.40. The highest BCUT2D eigenvalue weighted by Crippen LogP contribution is 2.35. The zero-order chi connectivity index (χ0) is 22.0. The lowest BCUT2D eigenvalue weighted by atomic mass is 10.0. The molecule has 3 aromatic carbocycles. The van der Waals surface area contributed by atoms with Crippen molar-refractivity contribution in [2.45, 2.75) is 13.1 Å². The number of amides is 2. The molecule has 0 aliphatic carbocycles. The molecular weight excluding hydrogens is 573 g/mol. The Hall–Kier alpha value is -2.59. The van der Waals surface area contributed by atoms with Gasteiger partial charge >= 0.3 is 0 Å². The van der Waals surface area contributed by atoms with Gasteiger partial charge in [0.05, 0.1) is 17.7 Å². The Labute approximate surface area is 202 Å². The number of halogens is 2. The van der Waals surface area contributed by atoms with Crippen LogP contribution in [0.1, 0.15) is 39.4 Å². The van der Waals surface area contributed by atoms with Crippen LogP contribution in [0.4, 0.5) is 5.69 Å². The van der Waals surface area contributed by atoms with Crippen LogP contribution >= 0.6 is 38.5 Å². The number of para-hydroxylation sites is 1. The lowest BCUT2D eigenvalue weighted by Gasteiger charge is -2.38. The van der Waals surface area contributed by atoms with Crippen molar-refractivity contribution in [3.63, 3.8) is 0 Å². The Balaban J connectivity index is 1.74. The summed E-state index contributed by atoms with van der Waals surface area (Å²) >= 11 is 5.73. The summed E-state index contributed by atoms with van der Waals surface area (Å²) in [4.78, 5) is 26.6. The van der Waals surface area contributed by atoms with Crippen LogP contribution in [-0.2, 0) is 0 Å². The molecule has 0 fully saturated rings. The molecule has 158 valence electrons. The Bertz CT molecular complexity index is 1150. The largest absolute Gasteiger partial charge is 0.493 e. The van der Waals surface area contributed by atoms with Gasteiger partial charge in [0.1, 0.15) is 11.9 Å². The number of nitrogens with zero attached hydrogens (tertiary/aromatic N) is 1. The summed E-state index contributed by atoms with van der Waals surface area (Å²) in [5.74, 6) is -0.257. The van der Waals surface area contributed by atoms with Crippen LogP contribution in [0.15, 0.2) is 71.2 Å². The number of nitrogens with one attached hydrogen (secondary N) is 2. The zero-order valence-electron chi connectivity index (χ0n) is 16.6. The van der Waals surface area contributed by atoms with E-state index in [0.29, 0.717) is 29.2 Å². The van der Waals surface area contributed by atoms with Gasteiger partial charge in [0.25, 0.3) is 11.8 Å². The van der Waals surface area contributed by atoms with Gasteiger partial charge in [-0.3, -0.25) is 15.0 Å². The van der Waals surface area contributed by atoms with E-state index in [0.717, 1.165) is 13.6 Å². The monoisotopic (exact) mass is 591 g/mol. The molecule has 2 N–H and O–H groups in total. The number of benzene rings is 3. The summed E-state index contributed by atoms with van der Waals surface area (Å²) in [6.07, 6.45) is -0.598. The first-order chi connectivity index (χ1) is 15.0. The van der Waals surface area contributed by atoms with Crippen LogP contribution in [-0.4, -0.2) is 23.4 Å². The summed E-state index contributed by atoms with van der Waals surface area (Å²) in [5.41, 5.74) is 5.18. The molecule has 3 aromatic rings. The second kappa shape index (κ2) is 9.27. The average molecular weight is 592 g/mol. The first kappa shape index (κ1) is 21.6. The van der Waals surface area contributed by atoms with Gasteiger partial charge in [-0.1, -0.05) is 46.3 Å². The number of rotatable bonds is 5. The van der Waals surface area contributed by atoms with Gasteiger partial charge in [0.15, 0.2) is 0 Å². The SMILES string of the molecule is CCOc1ccccc1C(=O)NN1C(=O)c2cc(I)ccc2N[C@@H]1c1ccccc1Br. The fourth-order valence-corrected chi connectivity index (χ4v) is 4.41. The van der Waals surface area contributed by atoms with E-state index in [1.165, 1.54) is 5.01 Å². The Morgan fingerprint density at radius 2 is 1.90 bits per heavy atom. The topological polar surface area (TPSA) is 70.7 Å². The van der Waals surface area contributed by atoms with E-state index in [1.807, 2.05) is 43.3 Å². The summed E-state index contributed by atoms with van der Waals surface area (Å²) < 4.78 is 7.34. The second-order valence-corrected chi connectivity index (χ2v) is 8.90. The average Bonchev–Trinajstić information content (AvgIpc) is 2.77. The zero-order valence-corrected chi connectivity index (χ0v) is 20.3. The molecule has 1 aliphatic rings. The van der Waals surface area contributed by atoms with E-state index >= 15 is 0 Å². The molecule has 1 atom stereocenters. The molecule has 31 heavy (non-hydrogen) atoms. The summed E-state index contributed by atoms with van der Waals surface area (Å²) in [6.45, 7) is 2.29. The predicted octanol–water partition coefficient (Wildman–Crippen LogP) is 5.36. The van der Waals surface area contributed by atoms with Crippen molar-refractivity contribution in [1.82, 2.24) is 10.4 Å². The molecule has 0 radical (unpaired) electrons. The van der Waals surface area contributed by atoms with Crippen molar-refractivity contribution < 1.29 is 14.3 Å². The number of fused-ring (bicyclic) bond motifs is 1. The molecule has 8 heteroatoms. The molecule has 6 nitrogen and oxygen atoms in total. The van der Waals surface area contributed by atoms with Gasteiger partial charge in [-0.05, 0) is 65.9 Å². The first-order valence-corrected chi connectivity index (χ1v) is 11.5. The van der Waals surface area contributed by atoms with E-state index < -0.39 is 12.1 Å². The Kier molecular flexibility index (Phi) is 6.47. The number of hydrazine groups is 1. The van der Waals surface area contributed by atoms with Gasteiger partial charge in [-0.25, -0.2) is 5.01 Å².